The van der Waals surface area contributed by atoms with Crippen molar-refractivity contribution < 1.29 is 13.6 Å². The van der Waals surface area contributed by atoms with Crippen molar-refractivity contribution in [3.63, 3.8) is 0 Å². The zero-order valence-corrected chi connectivity index (χ0v) is 11.1. The van der Waals surface area contributed by atoms with E-state index in [4.69, 9.17) is 0 Å². The fourth-order valence-electron chi connectivity index (χ4n) is 2.03. The van der Waals surface area contributed by atoms with Crippen LogP contribution >= 0.6 is 11.3 Å². The van der Waals surface area contributed by atoms with Crippen LogP contribution in [0, 0.1) is 11.6 Å². The summed E-state index contributed by atoms with van der Waals surface area (Å²) in [5.41, 5.74) is 0.567. The maximum absolute atomic E-state index is 13.7. The summed E-state index contributed by atoms with van der Waals surface area (Å²) in [5.74, 6) is -1.11. The van der Waals surface area contributed by atoms with Crippen LogP contribution in [0.15, 0.2) is 18.2 Å². The molecule has 0 unspecified atom stereocenters. The Morgan fingerprint density at radius 1 is 1.32 bits per heavy atom. The van der Waals surface area contributed by atoms with E-state index in [1.54, 1.807) is 0 Å². The number of benzene rings is 1. The van der Waals surface area contributed by atoms with Crippen LogP contribution in [0.1, 0.15) is 41.0 Å². The van der Waals surface area contributed by atoms with E-state index in [1.165, 1.54) is 25.1 Å². The van der Waals surface area contributed by atoms with Crippen LogP contribution in [0.25, 0.3) is 10.6 Å². The Morgan fingerprint density at radius 3 is 2.47 bits per heavy atom. The maximum atomic E-state index is 13.7. The molecule has 0 N–H and O–H groups in total. The predicted octanol–water partition coefficient (Wildman–Crippen LogP) is 4.17. The molecule has 2 aromatic rings. The third kappa shape index (κ3) is 2.18. The summed E-state index contributed by atoms with van der Waals surface area (Å²) < 4.78 is 27.5. The molecule has 0 atom stereocenters. The molecule has 0 radical (unpaired) electrons. The van der Waals surface area contributed by atoms with Gasteiger partial charge in [0.1, 0.15) is 16.6 Å². The van der Waals surface area contributed by atoms with Crippen molar-refractivity contribution >= 4 is 17.1 Å². The van der Waals surface area contributed by atoms with E-state index >= 15 is 0 Å². The molecule has 0 aliphatic heterocycles. The Labute approximate surface area is 113 Å². The summed E-state index contributed by atoms with van der Waals surface area (Å²) in [5, 5.41) is 0.252. The highest BCUT2D eigenvalue weighted by Crippen LogP contribution is 2.44. The number of aromatic nitrogens is 1. The van der Waals surface area contributed by atoms with Crippen molar-refractivity contribution in [3.8, 4) is 10.6 Å². The first-order valence-electron chi connectivity index (χ1n) is 6.04. The van der Waals surface area contributed by atoms with Crippen LogP contribution in [-0.4, -0.2) is 10.8 Å². The molecule has 1 aliphatic carbocycles. The molecular weight excluding hydrogens is 268 g/mol. The molecular formula is C14H11F2NOS. The van der Waals surface area contributed by atoms with E-state index in [1.807, 2.05) is 0 Å². The number of carbonyl (C=O) groups excluding carboxylic acids is 1. The standard InChI is InChI=1S/C14H11F2NOS/c1-7(18)13-12(8-5-6-8)17-14(19-13)11-9(15)3-2-4-10(11)16/h2-4,8H,5-6H2,1H3. The lowest BCUT2D eigenvalue weighted by atomic mass is 10.2. The van der Waals surface area contributed by atoms with E-state index < -0.39 is 11.6 Å². The fraction of sp³-hybridized carbons (Fsp3) is 0.286. The van der Waals surface area contributed by atoms with Gasteiger partial charge in [-0.05, 0) is 25.0 Å². The molecule has 0 bridgehead atoms. The zero-order valence-electron chi connectivity index (χ0n) is 10.2. The van der Waals surface area contributed by atoms with Gasteiger partial charge in [0.2, 0.25) is 0 Å². The summed E-state index contributed by atoms with van der Waals surface area (Å²) in [6, 6.07) is 3.71. The number of hydrogen-bond donors (Lipinski definition) is 0. The number of thiazole rings is 1. The first kappa shape index (κ1) is 12.4. The molecule has 0 spiro atoms. The van der Waals surface area contributed by atoms with Gasteiger partial charge < -0.3 is 0 Å². The van der Waals surface area contributed by atoms with Crippen molar-refractivity contribution in [3.05, 3.63) is 40.4 Å². The molecule has 1 aliphatic rings. The lowest BCUT2D eigenvalue weighted by molar-refractivity contribution is 0.102. The Morgan fingerprint density at radius 2 is 1.95 bits per heavy atom. The van der Waals surface area contributed by atoms with Gasteiger partial charge in [0.25, 0.3) is 0 Å². The van der Waals surface area contributed by atoms with Crippen molar-refractivity contribution in [2.24, 2.45) is 0 Å². The number of Topliss-reactive ketones (excluding diaryl/α,β-unsaturated/α-hetero) is 1. The minimum absolute atomic E-state index is 0.0950. The second-order valence-electron chi connectivity index (χ2n) is 4.66. The molecule has 3 rings (SSSR count). The number of nitrogens with zero attached hydrogens (tertiary/aromatic N) is 1. The van der Waals surface area contributed by atoms with Gasteiger partial charge in [-0.3, -0.25) is 4.79 Å². The molecule has 5 heteroatoms. The molecule has 1 heterocycles. The maximum Gasteiger partial charge on any atom is 0.171 e. The minimum atomic E-state index is -0.647. The number of hydrogen-bond acceptors (Lipinski definition) is 3. The first-order valence-corrected chi connectivity index (χ1v) is 6.85. The Bertz CT molecular complexity index is 641. The lowest BCUT2D eigenvalue weighted by Gasteiger charge is -1.99. The topological polar surface area (TPSA) is 30.0 Å². The number of halogens is 2. The largest absolute Gasteiger partial charge is 0.294 e. The summed E-state index contributed by atoms with van der Waals surface area (Å²) in [6.07, 6.45) is 1.98. The number of ketones is 1. The van der Waals surface area contributed by atoms with E-state index in [0.717, 1.165) is 24.2 Å². The summed E-state index contributed by atoms with van der Waals surface area (Å²) in [4.78, 5) is 16.4. The minimum Gasteiger partial charge on any atom is -0.294 e. The number of rotatable bonds is 3. The van der Waals surface area contributed by atoms with E-state index in [-0.39, 0.29) is 22.3 Å². The molecule has 1 aromatic carbocycles. The SMILES string of the molecule is CC(=O)c1sc(-c2c(F)cccc2F)nc1C1CC1. The molecule has 1 saturated carbocycles. The van der Waals surface area contributed by atoms with Gasteiger partial charge in [0, 0.05) is 12.8 Å². The molecule has 0 amide bonds. The van der Waals surface area contributed by atoms with Crippen LogP contribution in [0.4, 0.5) is 8.78 Å². The summed E-state index contributed by atoms with van der Waals surface area (Å²) in [7, 11) is 0. The second-order valence-corrected chi connectivity index (χ2v) is 5.66. The normalized spacial score (nSPS) is 14.7. The highest BCUT2D eigenvalue weighted by atomic mass is 32.1. The predicted molar refractivity (Wildman–Crippen MR) is 69.4 cm³/mol. The number of carbonyl (C=O) groups is 1. The van der Waals surface area contributed by atoms with E-state index in [2.05, 4.69) is 4.98 Å². The molecule has 98 valence electrons. The molecule has 19 heavy (non-hydrogen) atoms. The van der Waals surface area contributed by atoms with Crippen molar-refractivity contribution in [1.82, 2.24) is 4.98 Å². The Hall–Kier alpha value is -1.62. The molecule has 1 fully saturated rings. The average Bonchev–Trinajstić information content (AvgIpc) is 3.09. The average molecular weight is 279 g/mol. The third-order valence-corrected chi connectivity index (χ3v) is 4.30. The second kappa shape index (κ2) is 4.49. The lowest BCUT2D eigenvalue weighted by Crippen LogP contribution is -1.93. The zero-order chi connectivity index (χ0) is 13.6. The van der Waals surface area contributed by atoms with Crippen LogP contribution in [-0.2, 0) is 0 Å². The highest BCUT2D eigenvalue weighted by Gasteiger charge is 2.32. The van der Waals surface area contributed by atoms with Gasteiger partial charge in [-0.25, -0.2) is 13.8 Å². The quantitative estimate of drug-likeness (QED) is 0.789. The molecule has 0 saturated heterocycles. The van der Waals surface area contributed by atoms with Crippen LogP contribution in [0.2, 0.25) is 0 Å². The molecule has 2 nitrogen and oxygen atoms in total. The fourth-order valence-corrected chi connectivity index (χ4v) is 3.12. The third-order valence-electron chi connectivity index (χ3n) is 3.11. The Balaban J connectivity index is 2.16. The van der Waals surface area contributed by atoms with Gasteiger partial charge in [-0.1, -0.05) is 6.07 Å². The monoisotopic (exact) mass is 279 g/mol. The van der Waals surface area contributed by atoms with Gasteiger partial charge in [0.05, 0.1) is 16.1 Å². The van der Waals surface area contributed by atoms with Crippen LogP contribution in [0.5, 0.6) is 0 Å². The highest BCUT2D eigenvalue weighted by molar-refractivity contribution is 7.17. The summed E-state index contributed by atoms with van der Waals surface area (Å²) in [6.45, 7) is 1.46. The van der Waals surface area contributed by atoms with Crippen molar-refractivity contribution in [2.45, 2.75) is 25.7 Å². The van der Waals surface area contributed by atoms with Crippen molar-refractivity contribution in [1.29, 1.82) is 0 Å². The smallest absolute Gasteiger partial charge is 0.171 e. The van der Waals surface area contributed by atoms with Gasteiger partial charge in [-0.15, -0.1) is 11.3 Å². The molecule has 1 aromatic heterocycles. The van der Waals surface area contributed by atoms with E-state index in [9.17, 15) is 13.6 Å². The summed E-state index contributed by atoms with van der Waals surface area (Å²) >= 11 is 1.08. The Kier molecular flexibility index (Phi) is 2.93. The van der Waals surface area contributed by atoms with Gasteiger partial charge in [-0.2, -0.15) is 0 Å². The first-order chi connectivity index (χ1) is 9.08. The van der Waals surface area contributed by atoms with Crippen LogP contribution in [0.3, 0.4) is 0 Å². The van der Waals surface area contributed by atoms with Gasteiger partial charge >= 0.3 is 0 Å². The van der Waals surface area contributed by atoms with Crippen LogP contribution < -0.4 is 0 Å². The van der Waals surface area contributed by atoms with E-state index in [0.29, 0.717) is 10.6 Å². The van der Waals surface area contributed by atoms with Gasteiger partial charge in [0.15, 0.2) is 5.78 Å². The van der Waals surface area contributed by atoms with Crippen molar-refractivity contribution in [2.75, 3.05) is 0 Å².